The normalized spacial score (nSPS) is 24.8. The zero-order valence-electron chi connectivity index (χ0n) is 14.9. The number of aromatic amines is 1. The fraction of sp³-hybridized carbons (Fsp3) is 0.778. The van der Waals surface area contributed by atoms with Gasteiger partial charge in [0, 0.05) is 31.0 Å². The lowest BCUT2D eigenvalue weighted by atomic mass is 9.99. The Morgan fingerprint density at radius 2 is 2.17 bits per heavy atom. The summed E-state index contributed by atoms with van der Waals surface area (Å²) in [6.45, 7) is 6.45. The van der Waals surface area contributed by atoms with Crippen LogP contribution in [0.5, 0.6) is 0 Å². The highest BCUT2D eigenvalue weighted by atomic mass is 16.5. The largest absolute Gasteiger partial charge is 0.378 e. The maximum atomic E-state index is 12.8. The number of rotatable bonds is 4. The van der Waals surface area contributed by atoms with Crippen LogP contribution < -0.4 is 5.32 Å². The highest BCUT2D eigenvalue weighted by molar-refractivity contribution is 5.75. The predicted molar refractivity (Wildman–Crippen MR) is 93.0 cm³/mol. The molecule has 2 fully saturated rings. The summed E-state index contributed by atoms with van der Waals surface area (Å²) in [5.41, 5.74) is 3.29. The number of H-pyrrole nitrogens is 1. The number of urea groups is 1. The molecule has 2 saturated heterocycles. The first kappa shape index (κ1) is 17.3. The monoisotopic (exact) mass is 334 g/mol. The van der Waals surface area contributed by atoms with Crippen molar-refractivity contribution in [1.82, 2.24) is 20.4 Å². The Balaban J connectivity index is 1.64. The van der Waals surface area contributed by atoms with Crippen LogP contribution in [0, 0.1) is 13.8 Å². The maximum absolute atomic E-state index is 12.8. The van der Waals surface area contributed by atoms with E-state index in [4.69, 9.17) is 4.74 Å². The Morgan fingerprint density at radius 1 is 1.29 bits per heavy atom. The second kappa shape index (κ2) is 8.01. The van der Waals surface area contributed by atoms with Gasteiger partial charge in [-0.15, -0.1) is 0 Å². The molecule has 24 heavy (non-hydrogen) atoms. The lowest BCUT2D eigenvalue weighted by molar-refractivity contribution is 0.103. The highest BCUT2D eigenvalue weighted by Crippen LogP contribution is 2.33. The van der Waals surface area contributed by atoms with Crippen LogP contribution >= 0.6 is 0 Å². The van der Waals surface area contributed by atoms with Gasteiger partial charge in [-0.1, -0.05) is 12.8 Å². The summed E-state index contributed by atoms with van der Waals surface area (Å²) in [4.78, 5) is 14.8. The maximum Gasteiger partial charge on any atom is 0.317 e. The van der Waals surface area contributed by atoms with Crippen LogP contribution in [-0.4, -0.2) is 46.9 Å². The van der Waals surface area contributed by atoms with Crippen molar-refractivity contribution in [2.24, 2.45) is 0 Å². The smallest absolute Gasteiger partial charge is 0.317 e. The lowest BCUT2D eigenvalue weighted by Crippen LogP contribution is -2.43. The number of amides is 2. The van der Waals surface area contributed by atoms with E-state index in [1.807, 2.05) is 18.7 Å². The SMILES string of the molecule is Cc1n[nH]c(C)c1[C@@H]1CCCCCN1C(=O)NCC[C@@H]1CCCO1. The Labute approximate surface area is 144 Å². The van der Waals surface area contributed by atoms with Crippen LogP contribution in [0.15, 0.2) is 0 Å². The van der Waals surface area contributed by atoms with Crippen LogP contribution in [0.1, 0.15) is 67.9 Å². The van der Waals surface area contributed by atoms with Crippen molar-refractivity contribution in [3.05, 3.63) is 17.0 Å². The molecule has 1 aromatic rings. The van der Waals surface area contributed by atoms with Crippen molar-refractivity contribution in [2.75, 3.05) is 19.7 Å². The molecule has 1 aromatic heterocycles. The van der Waals surface area contributed by atoms with E-state index >= 15 is 0 Å². The molecule has 2 amide bonds. The Morgan fingerprint density at radius 3 is 2.88 bits per heavy atom. The zero-order valence-corrected chi connectivity index (χ0v) is 14.9. The van der Waals surface area contributed by atoms with Crippen molar-refractivity contribution in [2.45, 2.75) is 70.9 Å². The van der Waals surface area contributed by atoms with E-state index in [1.165, 1.54) is 12.0 Å². The van der Waals surface area contributed by atoms with Gasteiger partial charge in [0.25, 0.3) is 0 Å². The molecular weight excluding hydrogens is 304 g/mol. The number of nitrogens with one attached hydrogen (secondary N) is 2. The Hall–Kier alpha value is -1.56. The van der Waals surface area contributed by atoms with Crippen LogP contribution in [0.4, 0.5) is 4.79 Å². The first-order valence-electron chi connectivity index (χ1n) is 9.34. The summed E-state index contributed by atoms with van der Waals surface area (Å²) in [6.07, 6.45) is 7.94. The highest BCUT2D eigenvalue weighted by Gasteiger charge is 2.30. The first-order valence-corrected chi connectivity index (χ1v) is 9.34. The molecule has 3 heterocycles. The minimum atomic E-state index is 0.0555. The van der Waals surface area contributed by atoms with Gasteiger partial charge >= 0.3 is 6.03 Å². The molecule has 0 unspecified atom stereocenters. The summed E-state index contributed by atoms with van der Waals surface area (Å²) in [5.74, 6) is 0. The number of nitrogens with zero attached hydrogens (tertiary/aromatic N) is 2. The average Bonchev–Trinajstić information content (AvgIpc) is 3.11. The van der Waals surface area contributed by atoms with E-state index < -0.39 is 0 Å². The van der Waals surface area contributed by atoms with E-state index in [2.05, 4.69) is 15.5 Å². The summed E-state index contributed by atoms with van der Waals surface area (Å²) >= 11 is 0. The molecule has 6 heteroatoms. The van der Waals surface area contributed by atoms with Gasteiger partial charge in [-0.3, -0.25) is 5.10 Å². The molecule has 2 atom stereocenters. The van der Waals surface area contributed by atoms with Gasteiger partial charge < -0.3 is 15.0 Å². The number of carbonyl (C=O) groups is 1. The van der Waals surface area contributed by atoms with Gasteiger partial charge in [-0.05, 0) is 46.0 Å². The average molecular weight is 334 g/mol. The second-order valence-corrected chi connectivity index (χ2v) is 7.06. The van der Waals surface area contributed by atoms with Crippen LogP contribution in [0.2, 0.25) is 0 Å². The minimum Gasteiger partial charge on any atom is -0.378 e. The molecule has 0 aromatic carbocycles. The van der Waals surface area contributed by atoms with E-state index in [1.54, 1.807) is 0 Å². The minimum absolute atomic E-state index is 0.0555. The van der Waals surface area contributed by atoms with Crippen molar-refractivity contribution in [3.63, 3.8) is 0 Å². The standard InChI is InChI=1S/C18H30N4O2/c1-13-17(14(2)21-20-13)16-8-4-3-5-11-22(16)18(23)19-10-9-15-7-6-12-24-15/h15-16H,3-12H2,1-2H3,(H,19,23)(H,20,21)/t15-,16-/m0/s1. The number of aryl methyl sites for hydroxylation is 2. The Bertz CT molecular complexity index is 532. The van der Waals surface area contributed by atoms with Crippen molar-refractivity contribution in [1.29, 1.82) is 0 Å². The molecule has 6 nitrogen and oxygen atoms in total. The van der Waals surface area contributed by atoms with Gasteiger partial charge in [-0.2, -0.15) is 5.10 Å². The molecule has 3 rings (SSSR count). The van der Waals surface area contributed by atoms with Gasteiger partial charge in [0.2, 0.25) is 0 Å². The number of ether oxygens (including phenoxy) is 1. The lowest BCUT2D eigenvalue weighted by Gasteiger charge is -2.31. The number of aromatic nitrogens is 2. The summed E-state index contributed by atoms with van der Waals surface area (Å²) in [6, 6.07) is 0.189. The van der Waals surface area contributed by atoms with Crippen molar-refractivity contribution >= 4 is 6.03 Å². The van der Waals surface area contributed by atoms with Gasteiger partial charge in [-0.25, -0.2) is 4.79 Å². The Kier molecular flexibility index (Phi) is 5.76. The molecular formula is C18H30N4O2. The molecule has 2 aliphatic heterocycles. The van der Waals surface area contributed by atoms with Crippen molar-refractivity contribution in [3.8, 4) is 0 Å². The molecule has 0 radical (unpaired) electrons. The zero-order chi connectivity index (χ0) is 16.9. The molecule has 134 valence electrons. The van der Waals surface area contributed by atoms with Gasteiger partial charge in [0.15, 0.2) is 0 Å². The van der Waals surface area contributed by atoms with Gasteiger partial charge in [0.1, 0.15) is 0 Å². The predicted octanol–water partition coefficient (Wildman–Crippen LogP) is 3.22. The molecule has 0 bridgehead atoms. The molecule has 0 aliphatic carbocycles. The van der Waals surface area contributed by atoms with Crippen LogP contribution in [0.25, 0.3) is 0 Å². The van der Waals surface area contributed by atoms with Crippen LogP contribution in [-0.2, 0) is 4.74 Å². The topological polar surface area (TPSA) is 70.2 Å². The van der Waals surface area contributed by atoms with Crippen molar-refractivity contribution < 1.29 is 9.53 Å². The van der Waals surface area contributed by atoms with Crippen LogP contribution in [0.3, 0.4) is 0 Å². The summed E-state index contributed by atoms with van der Waals surface area (Å²) < 4.78 is 5.63. The summed E-state index contributed by atoms with van der Waals surface area (Å²) in [7, 11) is 0. The molecule has 0 spiro atoms. The summed E-state index contributed by atoms with van der Waals surface area (Å²) in [5, 5.41) is 10.5. The quantitative estimate of drug-likeness (QED) is 0.888. The first-order chi connectivity index (χ1) is 11.7. The fourth-order valence-corrected chi connectivity index (χ4v) is 4.02. The third-order valence-electron chi connectivity index (χ3n) is 5.30. The van der Waals surface area contributed by atoms with Gasteiger partial charge in [0.05, 0.1) is 17.8 Å². The molecule has 0 saturated carbocycles. The molecule has 2 aliphatic rings. The number of likely N-dealkylation sites (tertiary alicyclic amines) is 1. The number of carbonyl (C=O) groups excluding carboxylic acids is 1. The fourth-order valence-electron chi connectivity index (χ4n) is 4.02. The van der Waals surface area contributed by atoms with E-state index in [9.17, 15) is 4.79 Å². The van der Waals surface area contributed by atoms with E-state index in [0.29, 0.717) is 12.6 Å². The second-order valence-electron chi connectivity index (χ2n) is 7.06. The third kappa shape index (κ3) is 3.91. The third-order valence-corrected chi connectivity index (χ3v) is 5.30. The van der Waals surface area contributed by atoms with E-state index in [0.717, 1.165) is 63.1 Å². The molecule has 2 N–H and O–H groups in total. The number of hydrogen-bond donors (Lipinski definition) is 2. The number of hydrogen-bond acceptors (Lipinski definition) is 3. The van der Waals surface area contributed by atoms with E-state index in [-0.39, 0.29) is 12.1 Å².